The van der Waals surface area contributed by atoms with Gasteiger partial charge >= 0.3 is 12.0 Å². The Kier molecular flexibility index (Phi) is 4.83. The number of primary amides is 1. The van der Waals surface area contributed by atoms with E-state index in [1.54, 1.807) is 0 Å². The van der Waals surface area contributed by atoms with E-state index in [-0.39, 0.29) is 6.54 Å². The predicted molar refractivity (Wildman–Crippen MR) is 38.1 cm³/mol. The van der Waals surface area contributed by atoms with Gasteiger partial charge in [-0.3, -0.25) is 4.79 Å². The SMILES string of the molecule is NC(=O)NCCNCC(=O)O. The lowest BCUT2D eigenvalue weighted by molar-refractivity contribution is -0.135. The topological polar surface area (TPSA) is 104 Å². The lowest BCUT2D eigenvalue weighted by Gasteiger charge is -2.01. The van der Waals surface area contributed by atoms with Crippen LogP contribution in [0, 0.1) is 0 Å². The second kappa shape index (κ2) is 5.48. The van der Waals surface area contributed by atoms with Crippen molar-refractivity contribution in [3.8, 4) is 0 Å². The minimum absolute atomic E-state index is 0.111. The summed E-state index contributed by atoms with van der Waals surface area (Å²) in [6.45, 7) is 0.623. The molecule has 6 heteroatoms. The highest BCUT2D eigenvalue weighted by Gasteiger charge is 1.94. The fraction of sp³-hybridized carbons (Fsp3) is 0.600. The first-order chi connectivity index (χ1) is 5.13. The van der Waals surface area contributed by atoms with Crippen LogP contribution in [0.4, 0.5) is 4.79 Å². The van der Waals surface area contributed by atoms with E-state index in [0.29, 0.717) is 13.1 Å². The molecule has 0 atom stereocenters. The maximum absolute atomic E-state index is 10.1. The van der Waals surface area contributed by atoms with Gasteiger partial charge < -0.3 is 21.5 Å². The average molecular weight is 161 g/mol. The molecule has 0 aromatic rings. The number of nitrogens with one attached hydrogen (secondary N) is 2. The summed E-state index contributed by atoms with van der Waals surface area (Å²) in [5.41, 5.74) is 4.74. The van der Waals surface area contributed by atoms with Gasteiger partial charge in [0, 0.05) is 13.1 Å². The summed E-state index contributed by atoms with van der Waals surface area (Å²) in [5, 5.41) is 13.0. The fourth-order valence-corrected chi connectivity index (χ4v) is 0.469. The second-order valence-corrected chi connectivity index (χ2v) is 1.86. The number of amides is 2. The zero-order chi connectivity index (χ0) is 8.69. The molecule has 0 rings (SSSR count). The van der Waals surface area contributed by atoms with Crippen LogP contribution in [0.25, 0.3) is 0 Å². The molecule has 0 fully saturated rings. The van der Waals surface area contributed by atoms with E-state index >= 15 is 0 Å². The molecule has 0 aromatic heterocycles. The third-order valence-electron chi connectivity index (χ3n) is 0.877. The molecule has 0 radical (unpaired) electrons. The molecule has 0 saturated carbocycles. The Morgan fingerprint density at radius 3 is 2.45 bits per heavy atom. The molecule has 0 heterocycles. The minimum Gasteiger partial charge on any atom is -0.480 e. The van der Waals surface area contributed by atoms with E-state index in [9.17, 15) is 9.59 Å². The molecule has 0 bridgehead atoms. The van der Waals surface area contributed by atoms with Gasteiger partial charge in [0.1, 0.15) is 0 Å². The van der Waals surface area contributed by atoms with Crippen molar-refractivity contribution in [1.29, 1.82) is 0 Å². The van der Waals surface area contributed by atoms with Crippen LogP contribution in [0.5, 0.6) is 0 Å². The van der Waals surface area contributed by atoms with Gasteiger partial charge in [-0.15, -0.1) is 0 Å². The zero-order valence-corrected chi connectivity index (χ0v) is 5.96. The Labute approximate surface area is 63.8 Å². The Bertz CT molecular complexity index is 132. The largest absolute Gasteiger partial charge is 0.480 e. The Morgan fingerprint density at radius 1 is 1.36 bits per heavy atom. The zero-order valence-electron chi connectivity index (χ0n) is 5.96. The first-order valence-corrected chi connectivity index (χ1v) is 3.08. The van der Waals surface area contributed by atoms with Crippen LogP contribution in [0.2, 0.25) is 0 Å². The minimum atomic E-state index is -0.927. The number of rotatable bonds is 5. The van der Waals surface area contributed by atoms with Gasteiger partial charge in [0.15, 0.2) is 0 Å². The summed E-state index contributed by atoms with van der Waals surface area (Å²) in [5.74, 6) is -0.927. The van der Waals surface area contributed by atoms with Crippen molar-refractivity contribution in [2.75, 3.05) is 19.6 Å². The first kappa shape index (κ1) is 9.70. The molecule has 11 heavy (non-hydrogen) atoms. The summed E-state index contributed by atoms with van der Waals surface area (Å²) < 4.78 is 0. The summed E-state index contributed by atoms with van der Waals surface area (Å²) >= 11 is 0. The maximum atomic E-state index is 10.1. The van der Waals surface area contributed by atoms with Gasteiger partial charge in [0.2, 0.25) is 0 Å². The third kappa shape index (κ3) is 8.70. The van der Waals surface area contributed by atoms with Crippen LogP contribution in [-0.2, 0) is 4.79 Å². The number of carbonyl (C=O) groups excluding carboxylic acids is 1. The van der Waals surface area contributed by atoms with E-state index < -0.39 is 12.0 Å². The molecule has 0 spiro atoms. The van der Waals surface area contributed by atoms with Crippen molar-refractivity contribution in [3.63, 3.8) is 0 Å². The van der Waals surface area contributed by atoms with Crippen LogP contribution in [0.3, 0.4) is 0 Å². The van der Waals surface area contributed by atoms with Gasteiger partial charge in [-0.25, -0.2) is 4.79 Å². The van der Waals surface area contributed by atoms with Crippen molar-refractivity contribution in [2.45, 2.75) is 0 Å². The smallest absolute Gasteiger partial charge is 0.317 e. The lowest BCUT2D eigenvalue weighted by atomic mass is 10.5. The molecule has 0 aliphatic heterocycles. The van der Waals surface area contributed by atoms with Gasteiger partial charge in [0.25, 0.3) is 0 Å². The highest BCUT2D eigenvalue weighted by atomic mass is 16.4. The molecular formula is C5H11N3O3. The number of carboxylic acids is 1. The standard InChI is InChI=1S/C5H11N3O3/c6-5(11)8-2-1-7-3-4(9)10/h7H,1-3H2,(H,9,10)(H3,6,8,11). The Balaban J connectivity index is 3.03. The number of aliphatic carboxylic acids is 1. The van der Waals surface area contributed by atoms with E-state index in [4.69, 9.17) is 10.8 Å². The van der Waals surface area contributed by atoms with Crippen molar-refractivity contribution in [3.05, 3.63) is 0 Å². The van der Waals surface area contributed by atoms with Gasteiger partial charge in [0.05, 0.1) is 6.54 Å². The molecule has 0 unspecified atom stereocenters. The Morgan fingerprint density at radius 2 is 2.00 bits per heavy atom. The molecule has 0 aliphatic rings. The first-order valence-electron chi connectivity index (χ1n) is 3.08. The number of urea groups is 1. The van der Waals surface area contributed by atoms with Crippen LogP contribution < -0.4 is 16.4 Å². The van der Waals surface area contributed by atoms with Gasteiger partial charge in [-0.05, 0) is 0 Å². The summed E-state index contributed by atoms with van der Waals surface area (Å²) in [7, 11) is 0. The second-order valence-electron chi connectivity index (χ2n) is 1.86. The van der Waals surface area contributed by atoms with E-state index in [1.807, 2.05) is 0 Å². The van der Waals surface area contributed by atoms with Gasteiger partial charge in [-0.1, -0.05) is 0 Å². The third-order valence-corrected chi connectivity index (χ3v) is 0.877. The van der Waals surface area contributed by atoms with E-state index in [0.717, 1.165) is 0 Å². The van der Waals surface area contributed by atoms with Crippen LogP contribution in [0.1, 0.15) is 0 Å². The molecule has 0 aromatic carbocycles. The van der Waals surface area contributed by atoms with Crippen molar-refractivity contribution in [1.82, 2.24) is 10.6 Å². The summed E-state index contributed by atoms with van der Waals surface area (Å²) in [4.78, 5) is 20.0. The van der Waals surface area contributed by atoms with Crippen LogP contribution in [-0.4, -0.2) is 36.7 Å². The molecule has 2 amide bonds. The normalized spacial score (nSPS) is 9.09. The summed E-state index contributed by atoms with van der Waals surface area (Å²) in [6.07, 6.45) is 0. The average Bonchev–Trinajstić information content (AvgIpc) is 1.85. The lowest BCUT2D eigenvalue weighted by Crippen LogP contribution is -2.36. The quantitative estimate of drug-likeness (QED) is 0.362. The molecular weight excluding hydrogens is 150 g/mol. The Hall–Kier alpha value is -1.30. The summed E-state index contributed by atoms with van der Waals surface area (Å²) in [6, 6.07) is -0.609. The molecule has 6 nitrogen and oxygen atoms in total. The van der Waals surface area contributed by atoms with E-state index in [2.05, 4.69) is 10.6 Å². The maximum Gasteiger partial charge on any atom is 0.317 e. The van der Waals surface area contributed by atoms with E-state index in [1.165, 1.54) is 0 Å². The van der Waals surface area contributed by atoms with Crippen LogP contribution >= 0.6 is 0 Å². The molecule has 0 saturated heterocycles. The molecule has 5 N–H and O–H groups in total. The fourth-order valence-electron chi connectivity index (χ4n) is 0.469. The predicted octanol–water partition coefficient (Wildman–Crippen LogP) is -1.67. The van der Waals surface area contributed by atoms with Gasteiger partial charge in [-0.2, -0.15) is 0 Å². The number of nitrogens with two attached hydrogens (primary N) is 1. The number of hydrogen-bond donors (Lipinski definition) is 4. The number of hydrogen-bond acceptors (Lipinski definition) is 3. The van der Waals surface area contributed by atoms with Crippen molar-refractivity contribution in [2.24, 2.45) is 5.73 Å². The number of carbonyl (C=O) groups is 2. The van der Waals surface area contributed by atoms with Crippen molar-refractivity contribution >= 4 is 12.0 Å². The highest BCUT2D eigenvalue weighted by molar-refractivity contribution is 5.71. The van der Waals surface area contributed by atoms with Crippen LogP contribution in [0.15, 0.2) is 0 Å². The highest BCUT2D eigenvalue weighted by Crippen LogP contribution is 1.61. The monoisotopic (exact) mass is 161 g/mol. The molecule has 64 valence electrons. The van der Waals surface area contributed by atoms with Crippen molar-refractivity contribution < 1.29 is 14.7 Å². The molecule has 0 aliphatic carbocycles. The number of carboxylic acid groups (broad SMARTS) is 1.